The number of benzene rings is 2. The molecule has 0 aromatic heterocycles. The molecule has 0 saturated heterocycles. The van der Waals surface area contributed by atoms with E-state index in [0.29, 0.717) is 6.54 Å². The van der Waals surface area contributed by atoms with Crippen molar-refractivity contribution in [2.45, 2.75) is 6.42 Å². The van der Waals surface area contributed by atoms with E-state index in [1.165, 1.54) is 16.7 Å². The quantitative estimate of drug-likeness (QED) is 0.804. The Morgan fingerprint density at radius 2 is 1.33 bits per heavy atom. The highest BCUT2D eigenvalue weighted by atomic mass is 14.5. The normalized spacial score (nSPS) is 10.2. The molecule has 0 radical (unpaired) electrons. The first-order valence-corrected chi connectivity index (χ1v) is 5.24. The van der Waals surface area contributed by atoms with Crippen LogP contribution in [-0.4, -0.2) is 6.54 Å². The average molecular weight is 197 g/mol. The van der Waals surface area contributed by atoms with Gasteiger partial charge in [-0.2, -0.15) is 0 Å². The molecule has 0 aliphatic rings. The van der Waals surface area contributed by atoms with Gasteiger partial charge in [-0.25, -0.2) is 0 Å². The second kappa shape index (κ2) is 4.76. The highest BCUT2D eigenvalue weighted by Crippen LogP contribution is 2.19. The third-order valence-corrected chi connectivity index (χ3v) is 2.49. The van der Waals surface area contributed by atoms with Crippen LogP contribution in [0.3, 0.4) is 0 Å². The molecule has 76 valence electrons. The molecule has 0 bridgehead atoms. The van der Waals surface area contributed by atoms with Crippen LogP contribution >= 0.6 is 0 Å². The summed E-state index contributed by atoms with van der Waals surface area (Å²) in [6.07, 6.45) is 0.953. The number of rotatable bonds is 3. The molecule has 1 heteroatoms. The van der Waals surface area contributed by atoms with E-state index in [9.17, 15) is 0 Å². The number of nitrogens with two attached hydrogens (primary N) is 1. The lowest BCUT2D eigenvalue weighted by molar-refractivity contribution is 0.969. The molecule has 1 nitrogen and oxygen atoms in total. The fraction of sp³-hybridized carbons (Fsp3) is 0.143. The minimum Gasteiger partial charge on any atom is -0.330 e. The summed E-state index contributed by atoms with van der Waals surface area (Å²) in [6, 6.07) is 19.0. The maximum atomic E-state index is 5.51. The molecule has 0 fully saturated rings. The van der Waals surface area contributed by atoms with E-state index in [2.05, 4.69) is 48.5 Å². The van der Waals surface area contributed by atoms with Crippen molar-refractivity contribution in [1.82, 2.24) is 0 Å². The van der Waals surface area contributed by atoms with Crippen LogP contribution in [0.2, 0.25) is 0 Å². The summed E-state index contributed by atoms with van der Waals surface area (Å²) in [5.41, 5.74) is 9.33. The third kappa shape index (κ3) is 2.45. The smallest absolute Gasteiger partial charge is 0.00367 e. The summed E-state index contributed by atoms with van der Waals surface area (Å²) in [5, 5.41) is 0. The second-order valence-corrected chi connectivity index (χ2v) is 3.60. The van der Waals surface area contributed by atoms with Crippen molar-refractivity contribution < 1.29 is 0 Å². The lowest BCUT2D eigenvalue weighted by Gasteiger charge is -2.03. The van der Waals surface area contributed by atoms with E-state index in [0.717, 1.165) is 6.42 Å². The zero-order valence-electron chi connectivity index (χ0n) is 8.69. The van der Waals surface area contributed by atoms with Crippen LogP contribution in [0, 0.1) is 0 Å². The van der Waals surface area contributed by atoms with Crippen LogP contribution in [0.1, 0.15) is 5.56 Å². The van der Waals surface area contributed by atoms with E-state index >= 15 is 0 Å². The van der Waals surface area contributed by atoms with E-state index in [-0.39, 0.29) is 0 Å². The van der Waals surface area contributed by atoms with Gasteiger partial charge in [0, 0.05) is 0 Å². The van der Waals surface area contributed by atoms with Crippen molar-refractivity contribution in [3.63, 3.8) is 0 Å². The predicted octanol–water partition coefficient (Wildman–Crippen LogP) is 2.85. The Labute approximate surface area is 90.6 Å². The van der Waals surface area contributed by atoms with E-state index < -0.39 is 0 Å². The van der Waals surface area contributed by atoms with Gasteiger partial charge in [-0.15, -0.1) is 0 Å². The van der Waals surface area contributed by atoms with E-state index in [4.69, 9.17) is 5.73 Å². The van der Waals surface area contributed by atoms with Crippen LogP contribution in [0.15, 0.2) is 54.6 Å². The van der Waals surface area contributed by atoms with Gasteiger partial charge in [0.15, 0.2) is 0 Å². The molecule has 2 aromatic rings. The summed E-state index contributed by atoms with van der Waals surface area (Å²) in [4.78, 5) is 0. The van der Waals surface area contributed by atoms with Crippen molar-refractivity contribution in [2.24, 2.45) is 5.73 Å². The van der Waals surface area contributed by atoms with Gasteiger partial charge in [0.25, 0.3) is 0 Å². The standard InChI is InChI=1S/C14H15N/c15-11-10-12-6-8-14(9-7-12)13-4-2-1-3-5-13/h1-9H,10-11,15H2. The fourth-order valence-electron chi connectivity index (χ4n) is 1.66. The fourth-order valence-corrected chi connectivity index (χ4v) is 1.66. The summed E-state index contributed by atoms with van der Waals surface area (Å²) in [7, 11) is 0. The number of hydrogen-bond donors (Lipinski definition) is 1. The van der Waals surface area contributed by atoms with Gasteiger partial charge in [-0.3, -0.25) is 0 Å². The molecule has 0 heterocycles. The molecule has 2 rings (SSSR count). The van der Waals surface area contributed by atoms with Crippen molar-refractivity contribution >= 4 is 0 Å². The first-order chi connectivity index (χ1) is 7.40. The van der Waals surface area contributed by atoms with Gasteiger partial charge in [0.2, 0.25) is 0 Å². The molecule has 0 atom stereocenters. The maximum Gasteiger partial charge on any atom is -0.00367 e. The molecular weight excluding hydrogens is 182 g/mol. The maximum absolute atomic E-state index is 5.51. The Morgan fingerprint density at radius 1 is 0.733 bits per heavy atom. The molecule has 0 amide bonds. The first kappa shape index (κ1) is 9.94. The van der Waals surface area contributed by atoms with Crippen molar-refractivity contribution in [3.05, 3.63) is 60.2 Å². The molecule has 0 unspecified atom stereocenters. The molecule has 0 aliphatic heterocycles. The highest BCUT2D eigenvalue weighted by molar-refractivity contribution is 5.63. The molecule has 2 N–H and O–H groups in total. The molecule has 0 saturated carbocycles. The third-order valence-electron chi connectivity index (χ3n) is 2.49. The molecule has 0 aliphatic carbocycles. The Balaban J connectivity index is 2.24. The van der Waals surface area contributed by atoms with Gasteiger partial charge >= 0.3 is 0 Å². The SMILES string of the molecule is NCCc1ccc(-c2ccccc2)cc1. The largest absolute Gasteiger partial charge is 0.330 e. The Kier molecular flexibility index (Phi) is 3.15. The second-order valence-electron chi connectivity index (χ2n) is 3.60. The van der Waals surface area contributed by atoms with E-state index in [1.807, 2.05) is 6.07 Å². The van der Waals surface area contributed by atoms with Gasteiger partial charge in [-0.05, 0) is 29.7 Å². The van der Waals surface area contributed by atoms with Crippen LogP contribution < -0.4 is 5.73 Å². The Bertz CT molecular complexity index is 403. The van der Waals surface area contributed by atoms with Crippen LogP contribution in [0.25, 0.3) is 11.1 Å². The highest BCUT2D eigenvalue weighted by Gasteiger charge is 1.96. The summed E-state index contributed by atoms with van der Waals surface area (Å²) < 4.78 is 0. The van der Waals surface area contributed by atoms with Crippen molar-refractivity contribution in [1.29, 1.82) is 0 Å². The zero-order valence-corrected chi connectivity index (χ0v) is 8.69. The molecule has 15 heavy (non-hydrogen) atoms. The minimum atomic E-state index is 0.713. The predicted molar refractivity (Wildman–Crippen MR) is 64.6 cm³/mol. The summed E-state index contributed by atoms with van der Waals surface area (Å²) >= 11 is 0. The summed E-state index contributed by atoms with van der Waals surface area (Å²) in [5.74, 6) is 0. The van der Waals surface area contributed by atoms with Gasteiger partial charge < -0.3 is 5.73 Å². The molecule has 2 aromatic carbocycles. The number of hydrogen-bond acceptors (Lipinski definition) is 1. The minimum absolute atomic E-state index is 0.713. The van der Waals surface area contributed by atoms with Crippen molar-refractivity contribution in [3.8, 4) is 11.1 Å². The average Bonchev–Trinajstić information content (AvgIpc) is 2.32. The monoisotopic (exact) mass is 197 g/mol. The van der Waals surface area contributed by atoms with Gasteiger partial charge in [0.05, 0.1) is 0 Å². The lowest BCUT2D eigenvalue weighted by Crippen LogP contribution is -2.02. The Hall–Kier alpha value is -1.60. The lowest BCUT2D eigenvalue weighted by atomic mass is 10.0. The van der Waals surface area contributed by atoms with Crippen LogP contribution in [-0.2, 0) is 6.42 Å². The Morgan fingerprint density at radius 3 is 1.93 bits per heavy atom. The van der Waals surface area contributed by atoms with Crippen molar-refractivity contribution in [2.75, 3.05) is 6.54 Å². The van der Waals surface area contributed by atoms with Gasteiger partial charge in [-0.1, -0.05) is 54.6 Å². The topological polar surface area (TPSA) is 26.0 Å². The van der Waals surface area contributed by atoms with Crippen LogP contribution in [0.5, 0.6) is 0 Å². The summed E-state index contributed by atoms with van der Waals surface area (Å²) in [6.45, 7) is 0.713. The molecular formula is C14H15N. The molecule has 0 spiro atoms. The zero-order chi connectivity index (χ0) is 10.5. The first-order valence-electron chi connectivity index (χ1n) is 5.24. The van der Waals surface area contributed by atoms with E-state index in [1.54, 1.807) is 0 Å². The van der Waals surface area contributed by atoms with Crippen LogP contribution in [0.4, 0.5) is 0 Å². The van der Waals surface area contributed by atoms with Gasteiger partial charge in [0.1, 0.15) is 0 Å².